The van der Waals surface area contributed by atoms with Crippen molar-refractivity contribution in [3.63, 3.8) is 0 Å². The van der Waals surface area contributed by atoms with Gasteiger partial charge < -0.3 is 18.3 Å². The van der Waals surface area contributed by atoms with E-state index in [1.807, 2.05) is 24.3 Å². The van der Waals surface area contributed by atoms with E-state index in [0.29, 0.717) is 11.4 Å². The minimum atomic E-state index is 0.580. The van der Waals surface area contributed by atoms with Crippen LogP contribution in [0.1, 0.15) is 5.56 Å². The monoisotopic (exact) mass is 1300 g/mol. The van der Waals surface area contributed by atoms with Crippen molar-refractivity contribution in [2.75, 3.05) is 0 Å². The first kappa shape index (κ1) is 58.2. The average Bonchev–Trinajstić information content (AvgIpc) is 1.59. The second-order valence-electron chi connectivity index (χ2n) is 26.4. The maximum atomic E-state index is 9.76. The highest BCUT2D eigenvalue weighted by atomic mass is 15.0. The average molecular weight is 1300 g/mol. The van der Waals surface area contributed by atoms with Gasteiger partial charge in [0.25, 0.3) is 0 Å². The fourth-order valence-electron chi connectivity index (χ4n) is 15.8. The smallest absolute Gasteiger partial charge is 0.160 e. The minimum Gasteiger partial charge on any atom is -0.309 e. The van der Waals surface area contributed by atoms with Crippen molar-refractivity contribution < 1.29 is 0 Å². The molecule has 102 heavy (non-hydrogen) atoms. The number of nitrogens with zero attached hydrogens (tertiary/aromatic N) is 7. The largest absolute Gasteiger partial charge is 0.309 e. The van der Waals surface area contributed by atoms with Crippen molar-refractivity contribution >= 4 is 87.2 Å². The number of fused-ring (bicyclic) bond motifs is 12. The molecule has 0 unspecified atom stereocenters. The zero-order valence-corrected chi connectivity index (χ0v) is 55.2. The van der Waals surface area contributed by atoms with Gasteiger partial charge in [0, 0.05) is 82.5 Å². The molecule has 20 aromatic rings. The molecule has 0 aliphatic heterocycles. The molecule has 0 aliphatic carbocycles. The molecule has 0 fully saturated rings. The van der Waals surface area contributed by atoms with E-state index in [0.717, 1.165) is 106 Å². The summed E-state index contributed by atoms with van der Waals surface area (Å²) < 4.78 is 9.57. The summed E-state index contributed by atoms with van der Waals surface area (Å²) in [5.41, 5.74) is 27.8. The first-order valence-corrected chi connectivity index (χ1v) is 34.6. The van der Waals surface area contributed by atoms with E-state index in [-0.39, 0.29) is 0 Å². The topological polar surface area (TPSA) is 69.3 Å². The Morgan fingerprint density at radius 2 is 0.500 bits per heavy atom. The summed E-state index contributed by atoms with van der Waals surface area (Å²) in [7, 11) is 0. The first-order valence-electron chi connectivity index (χ1n) is 34.6. The summed E-state index contributed by atoms with van der Waals surface area (Å²) in [6.45, 7) is 0. The van der Waals surface area contributed by atoms with Gasteiger partial charge in [-0.25, -0.2) is 9.97 Å². The molecule has 7 heteroatoms. The second-order valence-corrected chi connectivity index (χ2v) is 26.4. The number of aromatic nitrogens is 6. The fraction of sp³-hybridized carbons (Fsp3) is 0. The van der Waals surface area contributed by atoms with E-state index in [4.69, 9.17) is 9.97 Å². The van der Waals surface area contributed by atoms with Crippen molar-refractivity contribution in [3.05, 3.63) is 363 Å². The molecule has 0 spiro atoms. The Morgan fingerprint density at radius 3 is 0.922 bits per heavy atom. The number of hydrogen-bond donors (Lipinski definition) is 0. The maximum absolute atomic E-state index is 9.76. The van der Waals surface area contributed by atoms with Gasteiger partial charge in [-0.1, -0.05) is 218 Å². The van der Waals surface area contributed by atoms with Gasteiger partial charge in [0.15, 0.2) is 5.82 Å². The van der Waals surface area contributed by atoms with Crippen LogP contribution in [0, 0.1) is 11.3 Å². The van der Waals surface area contributed by atoms with Crippen LogP contribution >= 0.6 is 0 Å². The summed E-state index contributed by atoms with van der Waals surface area (Å²) in [5, 5.41) is 19.5. The molecule has 0 aliphatic rings. The minimum absolute atomic E-state index is 0.580. The Balaban J connectivity index is 0.621. The van der Waals surface area contributed by atoms with E-state index < -0.39 is 0 Å². The molecule has 5 aromatic heterocycles. The zero-order valence-electron chi connectivity index (χ0n) is 55.2. The molecular weight excluding hydrogens is 1240 g/mol. The molecule has 5 heterocycles. The van der Waals surface area contributed by atoms with Crippen LogP contribution < -0.4 is 0 Å². The Morgan fingerprint density at radius 1 is 0.196 bits per heavy atom. The number of hydrogen-bond acceptors (Lipinski definition) is 3. The lowest BCUT2D eigenvalue weighted by molar-refractivity contribution is 1.18. The first-order chi connectivity index (χ1) is 50.5. The molecule has 0 saturated heterocycles. The Hall–Kier alpha value is -13.9. The van der Waals surface area contributed by atoms with Gasteiger partial charge in [0.2, 0.25) is 0 Å². The highest BCUT2D eigenvalue weighted by molar-refractivity contribution is 6.15. The van der Waals surface area contributed by atoms with Crippen LogP contribution in [0.4, 0.5) is 0 Å². The SMILES string of the molecule is N#Cc1ccc(-c2nc(-c3ccc(-c4cccc(-n5c6ccccc6c6ccc(-c7ccc8c(c7)c7ccccc7n8-c7ccccc7)cc65)c4)cc3)cc(-c3ccc(-c4cccc(-n5c6ccccc6c6ccc(-c7ccc8c(c7)c7ccccc7n8-c7ccccc7)cc65)c4)cc3)n2)cc1. The predicted molar refractivity (Wildman–Crippen MR) is 422 cm³/mol. The summed E-state index contributed by atoms with van der Waals surface area (Å²) in [6.07, 6.45) is 0. The standard InChI is InChI=1S/C95H59N7/c96-60-61-33-35-66(36-34-61)95-97-85(64-41-37-62(38-42-64)67-17-15-23-75(53-67)101-87-29-11-7-25-77(87)81-49-45-71(57-93(81)101)69-47-51-91-83(55-69)79-27-9-13-31-89(79)99(91)73-19-3-1-4-20-73)59-86(98-95)65-43-39-63(40-44-65)68-18-16-24-76(54-68)102-88-30-12-8-26-78(88)82-50-46-72(58-94(82)102)70-48-52-92-84(56-70)80-28-10-14-32-90(80)100(92)74-21-5-2-6-22-74/h1-59H. The van der Waals surface area contributed by atoms with Gasteiger partial charge in [-0.15, -0.1) is 0 Å². The summed E-state index contributed by atoms with van der Waals surface area (Å²) in [5.74, 6) is 0.580. The Labute approximate surface area is 587 Å². The summed E-state index contributed by atoms with van der Waals surface area (Å²) in [6, 6.07) is 131. The molecule has 474 valence electrons. The number of benzene rings is 15. The van der Waals surface area contributed by atoms with Gasteiger partial charge in [-0.05, 0) is 184 Å². The molecular formula is C95H59N7. The van der Waals surface area contributed by atoms with Crippen LogP contribution in [-0.4, -0.2) is 28.2 Å². The summed E-state index contributed by atoms with van der Waals surface area (Å²) >= 11 is 0. The molecule has 7 nitrogen and oxygen atoms in total. The lowest BCUT2D eigenvalue weighted by atomic mass is 9.99. The van der Waals surface area contributed by atoms with Crippen LogP contribution in [0.2, 0.25) is 0 Å². The predicted octanol–water partition coefficient (Wildman–Crippen LogP) is 24.4. The quantitative estimate of drug-likeness (QED) is 0.130. The van der Waals surface area contributed by atoms with Crippen LogP contribution in [-0.2, 0) is 0 Å². The van der Waals surface area contributed by atoms with Gasteiger partial charge in [-0.3, -0.25) is 0 Å². The third kappa shape index (κ3) is 9.65. The number of nitriles is 1. The summed E-state index contributed by atoms with van der Waals surface area (Å²) in [4.78, 5) is 10.5. The van der Waals surface area contributed by atoms with Gasteiger partial charge >= 0.3 is 0 Å². The number of rotatable bonds is 11. The van der Waals surface area contributed by atoms with E-state index in [2.05, 4.69) is 358 Å². The van der Waals surface area contributed by atoms with E-state index in [1.165, 1.54) is 76.3 Å². The lowest BCUT2D eigenvalue weighted by Gasteiger charge is -2.13. The fourth-order valence-corrected chi connectivity index (χ4v) is 15.8. The van der Waals surface area contributed by atoms with Crippen LogP contribution in [0.15, 0.2) is 358 Å². The van der Waals surface area contributed by atoms with Crippen LogP contribution in [0.25, 0.3) is 188 Å². The van der Waals surface area contributed by atoms with E-state index in [9.17, 15) is 5.26 Å². The molecule has 0 amide bonds. The highest BCUT2D eigenvalue weighted by Crippen LogP contribution is 2.43. The molecule has 0 bridgehead atoms. The van der Waals surface area contributed by atoms with E-state index in [1.54, 1.807) is 0 Å². The molecule has 0 N–H and O–H groups in total. The Kier molecular flexibility index (Phi) is 13.5. The Bertz CT molecular complexity index is 6400. The second kappa shape index (κ2) is 23.7. The third-order valence-corrected chi connectivity index (χ3v) is 20.6. The maximum Gasteiger partial charge on any atom is 0.160 e. The van der Waals surface area contributed by atoms with Crippen molar-refractivity contribution in [1.29, 1.82) is 5.26 Å². The number of para-hydroxylation sites is 6. The normalized spacial score (nSPS) is 11.7. The van der Waals surface area contributed by atoms with Gasteiger partial charge in [0.05, 0.1) is 67.2 Å². The lowest BCUT2D eigenvalue weighted by Crippen LogP contribution is -1.96. The van der Waals surface area contributed by atoms with Crippen molar-refractivity contribution in [2.24, 2.45) is 0 Å². The van der Waals surface area contributed by atoms with Crippen molar-refractivity contribution in [1.82, 2.24) is 28.2 Å². The van der Waals surface area contributed by atoms with Gasteiger partial charge in [0.1, 0.15) is 0 Å². The third-order valence-electron chi connectivity index (χ3n) is 20.6. The molecule has 15 aromatic carbocycles. The zero-order chi connectivity index (χ0) is 67.4. The molecule has 20 rings (SSSR count). The van der Waals surface area contributed by atoms with E-state index >= 15 is 0 Å². The highest BCUT2D eigenvalue weighted by Gasteiger charge is 2.21. The molecule has 0 radical (unpaired) electrons. The van der Waals surface area contributed by atoms with Crippen LogP contribution in [0.3, 0.4) is 0 Å². The van der Waals surface area contributed by atoms with Gasteiger partial charge in [-0.2, -0.15) is 5.26 Å². The van der Waals surface area contributed by atoms with Crippen molar-refractivity contribution in [3.8, 4) is 107 Å². The van der Waals surface area contributed by atoms with Crippen molar-refractivity contribution in [2.45, 2.75) is 0 Å². The van der Waals surface area contributed by atoms with Crippen LogP contribution in [0.5, 0.6) is 0 Å². The molecule has 0 saturated carbocycles. The molecule has 0 atom stereocenters.